The van der Waals surface area contributed by atoms with Crippen molar-refractivity contribution in [3.05, 3.63) is 21.9 Å². The molecule has 5 heteroatoms. The molecule has 0 bridgehead atoms. The highest BCUT2D eigenvalue weighted by Gasteiger charge is 2.15. The van der Waals surface area contributed by atoms with Gasteiger partial charge in [0, 0.05) is 28.8 Å². The van der Waals surface area contributed by atoms with E-state index in [4.69, 9.17) is 17.0 Å². The molecule has 1 atom stereocenters. The Morgan fingerprint density at radius 2 is 2.45 bits per heavy atom. The van der Waals surface area contributed by atoms with Crippen LogP contribution in [0.1, 0.15) is 50.0 Å². The number of hydrogen-bond donors (Lipinski definition) is 1. The van der Waals surface area contributed by atoms with Crippen LogP contribution in [0.5, 0.6) is 0 Å². The van der Waals surface area contributed by atoms with Crippen LogP contribution in [-0.4, -0.2) is 23.4 Å². The van der Waals surface area contributed by atoms with E-state index in [9.17, 15) is 0 Å². The van der Waals surface area contributed by atoms with E-state index in [0.717, 1.165) is 36.6 Å². The highest BCUT2D eigenvalue weighted by Crippen LogP contribution is 2.17. The lowest BCUT2D eigenvalue weighted by Crippen LogP contribution is -2.19. The van der Waals surface area contributed by atoms with Crippen LogP contribution in [0.25, 0.3) is 0 Å². The Bertz CT molecular complexity index is 476. The quantitative estimate of drug-likeness (QED) is 0.491. The monoisotopic (exact) mass is 310 g/mol. The molecule has 20 heavy (non-hydrogen) atoms. The van der Waals surface area contributed by atoms with Gasteiger partial charge >= 0.3 is 0 Å². The average molecular weight is 310 g/mol. The SMILES string of the molecule is CCc1cc(/C(C)=N/NC(=S)CCC2CCCO2)cs1. The van der Waals surface area contributed by atoms with Gasteiger partial charge in [0.1, 0.15) is 0 Å². The van der Waals surface area contributed by atoms with Gasteiger partial charge in [-0.3, -0.25) is 5.43 Å². The zero-order valence-corrected chi connectivity index (χ0v) is 13.8. The van der Waals surface area contributed by atoms with Crippen molar-refractivity contribution in [3.63, 3.8) is 0 Å². The molecule has 0 radical (unpaired) electrons. The first-order chi connectivity index (χ1) is 9.69. The summed E-state index contributed by atoms with van der Waals surface area (Å²) < 4.78 is 5.59. The third-order valence-electron chi connectivity index (χ3n) is 3.49. The number of nitrogens with one attached hydrogen (secondary N) is 1. The summed E-state index contributed by atoms with van der Waals surface area (Å²) in [6.45, 7) is 5.08. The third-order valence-corrected chi connectivity index (χ3v) is 4.86. The number of hydrazone groups is 1. The van der Waals surface area contributed by atoms with Crippen LogP contribution < -0.4 is 5.43 Å². The van der Waals surface area contributed by atoms with Crippen molar-refractivity contribution in [1.82, 2.24) is 5.43 Å². The molecule has 1 fully saturated rings. The Morgan fingerprint density at radius 1 is 1.60 bits per heavy atom. The maximum absolute atomic E-state index is 5.59. The Labute approximate surface area is 130 Å². The van der Waals surface area contributed by atoms with E-state index in [1.807, 2.05) is 6.92 Å². The average Bonchev–Trinajstić information content (AvgIpc) is 3.12. The highest BCUT2D eigenvalue weighted by atomic mass is 32.1. The predicted molar refractivity (Wildman–Crippen MR) is 89.8 cm³/mol. The second kappa shape index (κ2) is 7.86. The molecule has 0 spiro atoms. The molecule has 1 aliphatic heterocycles. The second-order valence-corrected chi connectivity index (χ2v) is 6.55. The lowest BCUT2D eigenvalue weighted by atomic mass is 10.1. The van der Waals surface area contributed by atoms with Gasteiger partial charge < -0.3 is 4.74 Å². The van der Waals surface area contributed by atoms with Gasteiger partial charge in [-0.1, -0.05) is 19.1 Å². The molecule has 110 valence electrons. The molecule has 0 saturated carbocycles. The summed E-state index contributed by atoms with van der Waals surface area (Å²) in [4.78, 5) is 2.18. The lowest BCUT2D eigenvalue weighted by Gasteiger charge is -2.09. The zero-order valence-electron chi connectivity index (χ0n) is 12.1. The van der Waals surface area contributed by atoms with E-state index in [0.29, 0.717) is 6.10 Å². The number of thiocarbonyl (C=S) groups is 1. The number of ether oxygens (including phenoxy) is 1. The molecular formula is C15H22N2OS2. The molecule has 2 rings (SSSR count). The van der Waals surface area contributed by atoms with E-state index >= 15 is 0 Å². The van der Waals surface area contributed by atoms with Crippen LogP contribution in [0.4, 0.5) is 0 Å². The van der Waals surface area contributed by atoms with E-state index in [-0.39, 0.29) is 0 Å². The van der Waals surface area contributed by atoms with Crippen molar-refractivity contribution in [3.8, 4) is 0 Å². The molecule has 0 amide bonds. The summed E-state index contributed by atoms with van der Waals surface area (Å²) in [6, 6.07) is 2.20. The van der Waals surface area contributed by atoms with Crippen molar-refractivity contribution in [2.24, 2.45) is 5.10 Å². The topological polar surface area (TPSA) is 33.6 Å². The van der Waals surface area contributed by atoms with Gasteiger partial charge in [0.05, 0.1) is 16.8 Å². The van der Waals surface area contributed by atoms with E-state index in [2.05, 4.69) is 28.9 Å². The summed E-state index contributed by atoms with van der Waals surface area (Å²) in [5.74, 6) is 0. The smallest absolute Gasteiger partial charge is 0.0962 e. The summed E-state index contributed by atoms with van der Waals surface area (Å²) in [6.07, 6.45) is 5.66. The molecule has 1 aromatic rings. The van der Waals surface area contributed by atoms with Crippen LogP contribution in [0, 0.1) is 0 Å². The zero-order chi connectivity index (χ0) is 14.4. The van der Waals surface area contributed by atoms with Crippen molar-refractivity contribution in [2.75, 3.05) is 6.61 Å². The maximum atomic E-state index is 5.59. The Hall–Kier alpha value is -0.780. The Morgan fingerprint density at radius 3 is 3.10 bits per heavy atom. The van der Waals surface area contributed by atoms with Gasteiger partial charge in [-0.2, -0.15) is 5.10 Å². The largest absolute Gasteiger partial charge is 0.378 e. The first-order valence-electron chi connectivity index (χ1n) is 7.21. The first kappa shape index (κ1) is 15.6. The molecule has 1 unspecified atom stereocenters. The van der Waals surface area contributed by atoms with E-state index in [1.165, 1.54) is 23.3 Å². The van der Waals surface area contributed by atoms with Gasteiger partial charge in [-0.25, -0.2) is 0 Å². The molecule has 0 aromatic carbocycles. The van der Waals surface area contributed by atoms with Crippen molar-refractivity contribution < 1.29 is 4.74 Å². The number of hydrogen-bond acceptors (Lipinski definition) is 4. The molecule has 3 nitrogen and oxygen atoms in total. The molecule has 2 heterocycles. The van der Waals surface area contributed by atoms with Gasteiger partial charge in [0.15, 0.2) is 0 Å². The lowest BCUT2D eigenvalue weighted by molar-refractivity contribution is 0.106. The van der Waals surface area contributed by atoms with Crippen molar-refractivity contribution in [2.45, 2.75) is 52.1 Å². The number of rotatable bonds is 6. The fraction of sp³-hybridized carbons (Fsp3) is 0.600. The van der Waals surface area contributed by atoms with E-state index in [1.54, 1.807) is 11.3 Å². The van der Waals surface area contributed by atoms with Gasteiger partial charge in [0.2, 0.25) is 0 Å². The number of nitrogens with zero attached hydrogens (tertiary/aromatic N) is 1. The predicted octanol–water partition coefficient (Wildman–Crippen LogP) is 3.91. The minimum Gasteiger partial charge on any atom is -0.378 e. The van der Waals surface area contributed by atoms with Crippen LogP contribution in [0.3, 0.4) is 0 Å². The fourth-order valence-electron chi connectivity index (χ4n) is 2.19. The number of thiophene rings is 1. The van der Waals surface area contributed by atoms with Crippen molar-refractivity contribution >= 4 is 34.3 Å². The molecular weight excluding hydrogens is 288 g/mol. The number of aryl methyl sites for hydroxylation is 1. The molecule has 0 aliphatic carbocycles. The van der Waals surface area contributed by atoms with Gasteiger partial charge in [-0.15, -0.1) is 11.3 Å². The minimum absolute atomic E-state index is 0.392. The minimum atomic E-state index is 0.392. The first-order valence-corrected chi connectivity index (χ1v) is 8.50. The van der Waals surface area contributed by atoms with Crippen molar-refractivity contribution in [1.29, 1.82) is 0 Å². The molecule has 1 saturated heterocycles. The molecule has 1 N–H and O–H groups in total. The molecule has 1 aromatic heterocycles. The van der Waals surface area contributed by atoms with Gasteiger partial charge in [0.25, 0.3) is 0 Å². The Balaban J connectivity index is 1.77. The summed E-state index contributed by atoms with van der Waals surface area (Å²) in [5.41, 5.74) is 5.17. The normalized spacial score (nSPS) is 19.3. The summed E-state index contributed by atoms with van der Waals surface area (Å²) >= 11 is 7.10. The fourth-order valence-corrected chi connectivity index (χ4v) is 3.23. The highest BCUT2D eigenvalue weighted by molar-refractivity contribution is 7.80. The van der Waals surface area contributed by atoms with Gasteiger partial charge in [-0.05, 0) is 38.7 Å². The standard InChI is InChI=1S/C15H22N2OS2/c1-3-14-9-12(10-20-14)11(2)16-17-15(19)7-6-13-5-4-8-18-13/h9-10,13H,3-8H2,1-2H3,(H,17,19)/b16-11+. The second-order valence-electron chi connectivity index (χ2n) is 5.06. The van der Waals surface area contributed by atoms with E-state index < -0.39 is 0 Å². The third kappa shape index (κ3) is 4.65. The van der Waals surface area contributed by atoms with Crippen LogP contribution >= 0.6 is 23.6 Å². The van der Waals surface area contributed by atoms with Crippen LogP contribution in [-0.2, 0) is 11.2 Å². The summed E-state index contributed by atoms with van der Waals surface area (Å²) in [5, 5.41) is 6.53. The maximum Gasteiger partial charge on any atom is 0.0962 e. The Kier molecular flexibility index (Phi) is 6.13. The van der Waals surface area contributed by atoms with Crippen LogP contribution in [0.2, 0.25) is 0 Å². The van der Waals surface area contributed by atoms with Crippen LogP contribution in [0.15, 0.2) is 16.5 Å². The molecule has 1 aliphatic rings. The summed E-state index contributed by atoms with van der Waals surface area (Å²) in [7, 11) is 0.